The van der Waals surface area contributed by atoms with Crippen LogP contribution in [0.2, 0.25) is 0 Å². The molecule has 0 radical (unpaired) electrons. The lowest BCUT2D eigenvalue weighted by Crippen LogP contribution is -2.10. The minimum absolute atomic E-state index is 0.157. The molecule has 1 atom stereocenters. The van der Waals surface area contributed by atoms with Crippen LogP contribution in [-0.2, 0) is 0 Å². The van der Waals surface area contributed by atoms with E-state index in [1.54, 1.807) is 13.0 Å². The van der Waals surface area contributed by atoms with Crippen molar-refractivity contribution in [3.63, 3.8) is 0 Å². The van der Waals surface area contributed by atoms with Gasteiger partial charge in [0.2, 0.25) is 0 Å². The monoisotopic (exact) mass is 213 g/mol. The maximum absolute atomic E-state index is 13.3. The van der Waals surface area contributed by atoms with Crippen molar-refractivity contribution < 1.29 is 13.5 Å². The van der Waals surface area contributed by atoms with Crippen LogP contribution in [-0.4, -0.2) is 13.2 Å². The van der Waals surface area contributed by atoms with Gasteiger partial charge in [-0.15, -0.1) is 0 Å². The summed E-state index contributed by atoms with van der Waals surface area (Å²) in [6.45, 7) is 1.75. The van der Waals surface area contributed by atoms with Crippen LogP contribution >= 0.6 is 0 Å². The Labute approximate surface area is 87.4 Å². The molecule has 1 rings (SSSR count). The highest BCUT2D eigenvalue weighted by Crippen LogP contribution is 2.24. The van der Waals surface area contributed by atoms with E-state index in [1.165, 1.54) is 13.2 Å². The first-order chi connectivity index (χ1) is 7.04. The van der Waals surface area contributed by atoms with Crippen LogP contribution in [0.1, 0.15) is 12.5 Å². The van der Waals surface area contributed by atoms with E-state index in [0.29, 0.717) is 0 Å². The highest BCUT2D eigenvalue weighted by Gasteiger charge is 2.09. The fraction of sp³-hybridized carbons (Fsp3) is 0.273. The topological polar surface area (TPSA) is 35.2 Å². The van der Waals surface area contributed by atoms with E-state index in [9.17, 15) is 8.78 Å². The summed E-state index contributed by atoms with van der Waals surface area (Å²) in [5.41, 5.74) is 5.69. The third-order valence-electron chi connectivity index (χ3n) is 1.84. The lowest BCUT2D eigenvalue weighted by molar-refractivity contribution is 0.405. The summed E-state index contributed by atoms with van der Waals surface area (Å²) in [6.07, 6.45) is 3.09. The van der Waals surface area contributed by atoms with Gasteiger partial charge >= 0.3 is 0 Å². The number of nitrogens with two attached hydrogens (primary N) is 1. The van der Waals surface area contributed by atoms with Gasteiger partial charge in [0.15, 0.2) is 0 Å². The second-order valence-electron chi connectivity index (χ2n) is 3.22. The molecule has 0 saturated carbocycles. The molecule has 0 bridgehead atoms. The zero-order valence-electron chi connectivity index (χ0n) is 8.63. The number of ether oxygens (including phenoxy) is 1. The molecule has 1 unspecified atom stereocenters. The Morgan fingerprint density at radius 3 is 2.60 bits per heavy atom. The molecule has 82 valence electrons. The number of rotatable bonds is 3. The van der Waals surface area contributed by atoms with Crippen LogP contribution in [0.5, 0.6) is 5.75 Å². The van der Waals surface area contributed by atoms with Crippen molar-refractivity contribution in [1.82, 2.24) is 0 Å². The average Bonchev–Trinajstić information content (AvgIpc) is 2.14. The van der Waals surface area contributed by atoms with Crippen molar-refractivity contribution in [3.05, 3.63) is 35.4 Å². The Morgan fingerprint density at radius 1 is 1.40 bits per heavy atom. The molecule has 0 aliphatic carbocycles. The van der Waals surface area contributed by atoms with Gasteiger partial charge in [-0.3, -0.25) is 0 Å². The molecule has 1 aromatic carbocycles. The van der Waals surface area contributed by atoms with Crippen molar-refractivity contribution in [2.24, 2.45) is 5.73 Å². The molecule has 2 N–H and O–H groups in total. The first-order valence-electron chi connectivity index (χ1n) is 4.51. The van der Waals surface area contributed by atoms with Gasteiger partial charge in [0, 0.05) is 18.2 Å². The molecule has 0 aliphatic rings. The van der Waals surface area contributed by atoms with E-state index in [2.05, 4.69) is 0 Å². The summed E-state index contributed by atoms with van der Waals surface area (Å²) in [6, 6.07) is 1.74. The Bertz CT molecular complexity index is 375. The van der Waals surface area contributed by atoms with Gasteiger partial charge in [-0.05, 0) is 6.92 Å². The molecule has 2 nitrogen and oxygen atoms in total. The molecule has 15 heavy (non-hydrogen) atoms. The van der Waals surface area contributed by atoms with Crippen molar-refractivity contribution in [3.8, 4) is 5.75 Å². The SMILES string of the molecule is COc1cc(F)cc(F)c1/C=C/C(C)N. The number of hydrogen-bond acceptors (Lipinski definition) is 2. The molecule has 0 fully saturated rings. The molecule has 0 saturated heterocycles. The lowest BCUT2D eigenvalue weighted by atomic mass is 10.1. The van der Waals surface area contributed by atoms with Gasteiger partial charge in [0.05, 0.1) is 12.7 Å². The third kappa shape index (κ3) is 3.02. The van der Waals surface area contributed by atoms with Crippen LogP contribution in [0.25, 0.3) is 6.08 Å². The van der Waals surface area contributed by atoms with E-state index >= 15 is 0 Å². The van der Waals surface area contributed by atoms with Crippen molar-refractivity contribution >= 4 is 6.08 Å². The number of halogens is 2. The molecule has 1 aromatic rings. The van der Waals surface area contributed by atoms with Crippen LogP contribution in [0.4, 0.5) is 8.78 Å². The quantitative estimate of drug-likeness (QED) is 0.836. The average molecular weight is 213 g/mol. The van der Waals surface area contributed by atoms with E-state index in [1.807, 2.05) is 0 Å². The number of benzene rings is 1. The Hall–Kier alpha value is -1.42. The largest absolute Gasteiger partial charge is 0.496 e. The summed E-state index contributed by atoms with van der Waals surface area (Å²) in [5.74, 6) is -1.17. The molecule has 0 heterocycles. The van der Waals surface area contributed by atoms with Crippen LogP contribution in [0, 0.1) is 11.6 Å². The van der Waals surface area contributed by atoms with Gasteiger partial charge in [-0.1, -0.05) is 12.2 Å². The van der Waals surface area contributed by atoms with Crippen molar-refractivity contribution in [1.29, 1.82) is 0 Å². The zero-order valence-corrected chi connectivity index (χ0v) is 8.63. The van der Waals surface area contributed by atoms with Gasteiger partial charge in [0.25, 0.3) is 0 Å². The summed E-state index contributed by atoms with van der Waals surface area (Å²) in [5, 5.41) is 0. The summed E-state index contributed by atoms with van der Waals surface area (Å²) < 4.78 is 31.0. The number of methoxy groups -OCH3 is 1. The Balaban J connectivity index is 3.15. The van der Waals surface area contributed by atoms with E-state index in [0.717, 1.165) is 12.1 Å². The molecule has 0 spiro atoms. The summed E-state index contributed by atoms with van der Waals surface area (Å²) in [4.78, 5) is 0. The van der Waals surface area contributed by atoms with Crippen LogP contribution in [0.15, 0.2) is 18.2 Å². The molecule has 0 aliphatic heterocycles. The van der Waals surface area contributed by atoms with Gasteiger partial charge < -0.3 is 10.5 Å². The molecule has 0 aromatic heterocycles. The Morgan fingerprint density at radius 2 is 2.07 bits per heavy atom. The Kier molecular flexibility index (Phi) is 3.80. The number of hydrogen-bond donors (Lipinski definition) is 1. The molecule has 4 heteroatoms. The minimum atomic E-state index is -0.665. The second-order valence-corrected chi connectivity index (χ2v) is 3.22. The van der Waals surface area contributed by atoms with E-state index in [4.69, 9.17) is 10.5 Å². The highest BCUT2D eigenvalue weighted by molar-refractivity contribution is 5.58. The van der Waals surface area contributed by atoms with Crippen LogP contribution < -0.4 is 10.5 Å². The maximum atomic E-state index is 13.3. The van der Waals surface area contributed by atoms with Gasteiger partial charge in [-0.2, -0.15) is 0 Å². The van der Waals surface area contributed by atoms with Crippen molar-refractivity contribution in [2.75, 3.05) is 7.11 Å². The normalized spacial score (nSPS) is 13.1. The first-order valence-corrected chi connectivity index (χ1v) is 4.51. The van der Waals surface area contributed by atoms with Gasteiger partial charge in [0.1, 0.15) is 17.4 Å². The summed E-state index contributed by atoms with van der Waals surface area (Å²) in [7, 11) is 1.36. The lowest BCUT2D eigenvalue weighted by Gasteiger charge is -2.06. The minimum Gasteiger partial charge on any atom is -0.496 e. The zero-order chi connectivity index (χ0) is 11.4. The molecule has 0 amide bonds. The van der Waals surface area contributed by atoms with Crippen molar-refractivity contribution in [2.45, 2.75) is 13.0 Å². The summed E-state index contributed by atoms with van der Waals surface area (Å²) >= 11 is 0. The first kappa shape index (κ1) is 11.7. The molecular weight excluding hydrogens is 200 g/mol. The highest BCUT2D eigenvalue weighted by atomic mass is 19.1. The predicted octanol–water partition coefficient (Wildman–Crippen LogP) is 2.33. The standard InChI is InChI=1S/C11H13F2NO/c1-7(14)3-4-9-10(13)5-8(12)6-11(9)15-2/h3-7H,14H2,1-2H3/b4-3+. The predicted molar refractivity (Wildman–Crippen MR) is 55.6 cm³/mol. The smallest absolute Gasteiger partial charge is 0.137 e. The fourth-order valence-corrected chi connectivity index (χ4v) is 1.14. The molecular formula is C11H13F2NO. The van der Waals surface area contributed by atoms with E-state index < -0.39 is 11.6 Å². The second kappa shape index (κ2) is 4.89. The maximum Gasteiger partial charge on any atom is 0.137 e. The van der Waals surface area contributed by atoms with Gasteiger partial charge in [-0.25, -0.2) is 8.78 Å². The third-order valence-corrected chi connectivity index (χ3v) is 1.84. The van der Waals surface area contributed by atoms with Crippen LogP contribution in [0.3, 0.4) is 0 Å². The van der Waals surface area contributed by atoms with E-state index in [-0.39, 0.29) is 17.4 Å². The fourth-order valence-electron chi connectivity index (χ4n) is 1.14.